The van der Waals surface area contributed by atoms with E-state index in [1.807, 2.05) is 0 Å². The van der Waals surface area contributed by atoms with Crippen molar-refractivity contribution in [2.45, 2.75) is 44.7 Å². The first-order valence-corrected chi connectivity index (χ1v) is 8.53. The summed E-state index contributed by atoms with van der Waals surface area (Å²) in [4.78, 5) is 17.0. The van der Waals surface area contributed by atoms with Crippen molar-refractivity contribution >= 4 is 11.6 Å². The van der Waals surface area contributed by atoms with E-state index in [9.17, 15) is 9.18 Å². The van der Waals surface area contributed by atoms with Crippen LogP contribution in [-0.2, 0) is 4.79 Å². The molecular weight excluding hydrogens is 293 g/mol. The smallest absolute Gasteiger partial charge is 0.225 e. The van der Waals surface area contributed by atoms with E-state index in [0.29, 0.717) is 23.7 Å². The van der Waals surface area contributed by atoms with Crippen molar-refractivity contribution in [2.24, 2.45) is 0 Å². The van der Waals surface area contributed by atoms with Gasteiger partial charge in [0.05, 0.1) is 0 Å². The highest BCUT2D eigenvalue weighted by molar-refractivity contribution is 5.90. The molecule has 2 saturated heterocycles. The summed E-state index contributed by atoms with van der Waals surface area (Å²) in [6, 6.07) is 6.17. The number of nitrogens with one attached hydrogen (secondary N) is 1. The van der Waals surface area contributed by atoms with Gasteiger partial charge in [0.2, 0.25) is 5.91 Å². The number of likely N-dealkylation sites (tertiary alicyclic amines) is 1. The van der Waals surface area contributed by atoms with Gasteiger partial charge >= 0.3 is 0 Å². The van der Waals surface area contributed by atoms with Crippen LogP contribution in [0.1, 0.15) is 31.2 Å². The molecule has 0 unspecified atom stereocenters. The second kappa shape index (κ2) is 6.97. The Kier molecular flexibility index (Phi) is 4.97. The van der Waals surface area contributed by atoms with Crippen LogP contribution in [0.4, 0.5) is 10.1 Å². The van der Waals surface area contributed by atoms with Gasteiger partial charge in [-0.2, -0.15) is 0 Å². The number of aryl methyl sites for hydroxylation is 1. The van der Waals surface area contributed by atoms with Crippen molar-refractivity contribution in [2.75, 3.05) is 32.0 Å². The van der Waals surface area contributed by atoms with Gasteiger partial charge in [-0.15, -0.1) is 0 Å². The molecule has 2 aliphatic heterocycles. The van der Waals surface area contributed by atoms with Crippen molar-refractivity contribution in [1.82, 2.24) is 9.80 Å². The van der Waals surface area contributed by atoms with E-state index in [1.165, 1.54) is 25.3 Å². The molecule has 2 aliphatic rings. The predicted octanol–water partition coefficient (Wildman–Crippen LogP) is 2.63. The first-order valence-electron chi connectivity index (χ1n) is 8.53. The number of amides is 1. The summed E-state index contributed by atoms with van der Waals surface area (Å²) >= 11 is 0. The maximum absolute atomic E-state index is 13.5. The molecule has 0 radical (unpaired) electrons. The van der Waals surface area contributed by atoms with Crippen LogP contribution in [0.15, 0.2) is 18.2 Å². The Labute approximate surface area is 137 Å². The molecule has 23 heavy (non-hydrogen) atoms. The number of likely N-dealkylation sites (N-methyl/N-ethyl adjacent to an activating group) is 1. The van der Waals surface area contributed by atoms with E-state index >= 15 is 0 Å². The van der Waals surface area contributed by atoms with E-state index in [0.717, 1.165) is 25.7 Å². The summed E-state index contributed by atoms with van der Waals surface area (Å²) in [6.07, 6.45) is 4.23. The zero-order chi connectivity index (χ0) is 16.4. The summed E-state index contributed by atoms with van der Waals surface area (Å²) in [5.41, 5.74) is 1.12. The minimum absolute atomic E-state index is 0.0454. The fourth-order valence-electron chi connectivity index (χ4n) is 3.74. The fourth-order valence-corrected chi connectivity index (χ4v) is 3.74. The van der Waals surface area contributed by atoms with Gasteiger partial charge in [-0.25, -0.2) is 4.39 Å². The maximum Gasteiger partial charge on any atom is 0.225 e. The van der Waals surface area contributed by atoms with Crippen LogP contribution in [0.25, 0.3) is 0 Å². The quantitative estimate of drug-likeness (QED) is 0.927. The Morgan fingerprint density at radius 1 is 1.30 bits per heavy atom. The van der Waals surface area contributed by atoms with Crippen LogP contribution in [0, 0.1) is 12.7 Å². The third-order valence-electron chi connectivity index (χ3n) is 5.34. The molecule has 2 fully saturated rings. The van der Waals surface area contributed by atoms with Gasteiger partial charge in [-0.05, 0) is 57.5 Å². The highest BCUT2D eigenvalue weighted by Crippen LogP contribution is 2.28. The van der Waals surface area contributed by atoms with E-state index in [2.05, 4.69) is 22.2 Å². The third kappa shape index (κ3) is 3.90. The number of anilines is 1. The Balaban J connectivity index is 1.48. The Hall–Kier alpha value is -1.46. The molecule has 126 valence electrons. The number of carbonyl (C=O) groups excluding carboxylic acids is 1. The first kappa shape index (κ1) is 16.4. The van der Waals surface area contributed by atoms with Gasteiger partial charge in [0.15, 0.2) is 0 Å². The number of halogens is 1. The highest BCUT2D eigenvalue weighted by atomic mass is 19.1. The van der Waals surface area contributed by atoms with Crippen LogP contribution in [0.2, 0.25) is 0 Å². The van der Waals surface area contributed by atoms with Crippen LogP contribution in [-0.4, -0.2) is 54.5 Å². The fraction of sp³-hybridized carbons (Fsp3) is 0.611. The molecule has 2 heterocycles. The second-order valence-corrected chi connectivity index (χ2v) is 6.90. The lowest BCUT2D eigenvalue weighted by Gasteiger charge is -2.25. The number of benzene rings is 1. The molecule has 2 atom stereocenters. The lowest BCUT2D eigenvalue weighted by Crippen LogP contribution is -2.37. The topological polar surface area (TPSA) is 35.6 Å². The zero-order valence-electron chi connectivity index (χ0n) is 14.0. The van der Waals surface area contributed by atoms with Gasteiger partial charge in [0.25, 0.3) is 0 Å². The predicted molar refractivity (Wildman–Crippen MR) is 90.0 cm³/mol. The third-order valence-corrected chi connectivity index (χ3v) is 5.34. The molecule has 0 saturated carbocycles. The standard InChI is InChI=1S/C18H26FN3O/c1-13-3-4-14(11-17(13)19)20-18(23)8-10-22-9-7-15-5-6-16(12-22)21(15)2/h3-4,11,15-16H,5-10,12H2,1-2H3,(H,20,23)/t15-,16+/m1/s1. The lowest BCUT2D eigenvalue weighted by atomic mass is 10.1. The first-order chi connectivity index (χ1) is 11.0. The van der Waals surface area contributed by atoms with Crippen molar-refractivity contribution in [3.63, 3.8) is 0 Å². The number of rotatable bonds is 4. The van der Waals surface area contributed by atoms with E-state index in [1.54, 1.807) is 19.1 Å². The summed E-state index contributed by atoms with van der Waals surface area (Å²) < 4.78 is 13.5. The van der Waals surface area contributed by atoms with Gasteiger partial charge < -0.3 is 10.2 Å². The van der Waals surface area contributed by atoms with Gasteiger partial charge in [0.1, 0.15) is 5.82 Å². The molecule has 1 N–H and O–H groups in total. The van der Waals surface area contributed by atoms with Gasteiger partial charge in [-0.1, -0.05) is 6.07 Å². The van der Waals surface area contributed by atoms with Crippen LogP contribution < -0.4 is 5.32 Å². The molecule has 5 heteroatoms. The second-order valence-electron chi connectivity index (χ2n) is 6.90. The molecule has 0 aromatic heterocycles. The summed E-state index contributed by atoms with van der Waals surface area (Å²) in [7, 11) is 2.23. The number of fused-ring (bicyclic) bond motifs is 2. The molecule has 1 aromatic carbocycles. The van der Waals surface area contributed by atoms with Crippen molar-refractivity contribution in [3.05, 3.63) is 29.6 Å². The molecule has 0 aliphatic carbocycles. The maximum atomic E-state index is 13.5. The Bertz CT molecular complexity index is 577. The summed E-state index contributed by atoms with van der Waals surface area (Å²) in [5, 5.41) is 2.79. The van der Waals surface area contributed by atoms with Crippen LogP contribution >= 0.6 is 0 Å². The molecular formula is C18H26FN3O. The molecule has 4 nitrogen and oxygen atoms in total. The molecule has 1 aromatic rings. The molecule has 0 spiro atoms. The average Bonchev–Trinajstić information content (AvgIpc) is 2.75. The minimum atomic E-state index is -0.283. The lowest BCUT2D eigenvalue weighted by molar-refractivity contribution is -0.116. The molecule has 1 amide bonds. The SMILES string of the molecule is Cc1ccc(NC(=O)CCN2CC[C@H]3CC[C@@H](C2)N3C)cc1F. The highest BCUT2D eigenvalue weighted by Gasteiger charge is 2.34. The van der Waals surface area contributed by atoms with E-state index < -0.39 is 0 Å². The van der Waals surface area contributed by atoms with E-state index in [4.69, 9.17) is 0 Å². The monoisotopic (exact) mass is 319 g/mol. The normalized spacial score (nSPS) is 25.3. The van der Waals surface area contributed by atoms with Gasteiger partial charge in [0, 0.05) is 37.3 Å². The summed E-state index contributed by atoms with van der Waals surface area (Å²) in [5.74, 6) is -0.328. The van der Waals surface area contributed by atoms with Crippen molar-refractivity contribution in [3.8, 4) is 0 Å². The van der Waals surface area contributed by atoms with Gasteiger partial charge in [-0.3, -0.25) is 9.69 Å². The van der Waals surface area contributed by atoms with Crippen molar-refractivity contribution < 1.29 is 9.18 Å². The summed E-state index contributed by atoms with van der Waals surface area (Å²) in [6.45, 7) is 4.61. The minimum Gasteiger partial charge on any atom is -0.326 e. The average molecular weight is 319 g/mol. The van der Waals surface area contributed by atoms with Crippen molar-refractivity contribution in [1.29, 1.82) is 0 Å². The van der Waals surface area contributed by atoms with Crippen LogP contribution in [0.3, 0.4) is 0 Å². The Morgan fingerprint density at radius 2 is 2.09 bits per heavy atom. The Morgan fingerprint density at radius 3 is 2.87 bits per heavy atom. The van der Waals surface area contributed by atoms with Crippen LogP contribution in [0.5, 0.6) is 0 Å². The zero-order valence-corrected chi connectivity index (χ0v) is 14.0. The number of hydrogen-bond donors (Lipinski definition) is 1. The number of nitrogens with zero attached hydrogens (tertiary/aromatic N) is 2. The largest absolute Gasteiger partial charge is 0.326 e. The number of carbonyl (C=O) groups is 1. The van der Waals surface area contributed by atoms with E-state index in [-0.39, 0.29) is 11.7 Å². The molecule has 3 rings (SSSR count). The molecule has 2 bridgehead atoms. The number of hydrogen-bond acceptors (Lipinski definition) is 3.